The maximum atomic E-state index is 5.74. The van der Waals surface area contributed by atoms with E-state index >= 15 is 0 Å². The minimum atomic E-state index is 0.637. The molecule has 0 amide bonds. The molecule has 5 heteroatoms. The Labute approximate surface area is 144 Å². The largest absolute Gasteiger partial charge is 0.424 e. The predicted octanol–water partition coefficient (Wildman–Crippen LogP) is 4.05. The molecule has 0 bridgehead atoms. The summed E-state index contributed by atoms with van der Waals surface area (Å²) in [4.78, 5) is 2.16. The molecule has 0 aliphatic carbocycles. The molecule has 0 aliphatic rings. The van der Waals surface area contributed by atoms with Crippen LogP contribution >= 0.6 is 15.9 Å². The van der Waals surface area contributed by atoms with Crippen LogP contribution in [0.4, 0.5) is 0 Å². The van der Waals surface area contributed by atoms with Gasteiger partial charge in [0.25, 0.3) is 0 Å². The van der Waals surface area contributed by atoms with Crippen molar-refractivity contribution in [2.45, 2.75) is 19.5 Å². The Hall–Kier alpha value is -1.98. The second kappa shape index (κ2) is 7.53. The molecule has 3 rings (SSSR count). The lowest BCUT2D eigenvalue weighted by atomic mass is 10.2. The summed E-state index contributed by atoms with van der Waals surface area (Å²) in [5.74, 6) is 1.30. The zero-order valence-corrected chi connectivity index (χ0v) is 14.5. The summed E-state index contributed by atoms with van der Waals surface area (Å²) in [6.45, 7) is 1.47. The Morgan fingerprint density at radius 2 is 1.57 bits per heavy atom. The van der Waals surface area contributed by atoms with Crippen LogP contribution in [0.15, 0.2) is 63.5 Å². The topological polar surface area (TPSA) is 42.2 Å². The van der Waals surface area contributed by atoms with E-state index in [9.17, 15) is 0 Å². The number of nitrogens with zero attached hydrogens (tertiary/aromatic N) is 3. The van der Waals surface area contributed by atoms with Gasteiger partial charge in [-0.15, -0.1) is 10.2 Å². The van der Waals surface area contributed by atoms with Crippen molar-refractivity contribution in [3.63, 3.8) is 0 Å². The van der Waals surface area contributed by atoms with Crippen molar-refractivity contribution in [2.24, 2.45) is 0 Å². The quantitative estimate of drug-likeness (QED) is 0.655. The summed E-state index contributed by atoms with van der Waals surface area (Å²) in [7, 11) is 2.04. The second-order valence-corrected chi connectivity index (χ2v) is 6.47. The van der Waals surface area contributed by atoms with Gasteiger partial charge in [-0.25, -0.2) is 0 Å². The average Bonchev–Trinajstić information content (AvgIpc) is 2.97. The van der Waals surface area contributed by atoms with Gasteiger partial charge in [-0.3, -0.25) is 4.90 Å². The smallest absolute Gasteiger partial charge is 0.230 e. The SMILES string of the molecule is CN(Cc1ccc(Br)cc1)Cc1nnc(Cc2ccccc2)o1. The van der Waals surface area contributed by atoms with Gasteiger partial charge in [0.2, 0.25) is 11.8 Å². The van der Waals surface area contributed by atoms with Crippen molar-refractivity contribution in [1.29, 1.82) is 0 Å². The van der Waals surface area contributed by atoms with E-state index in [1.807, 2.05) is 37.4 Å². The fourth-order valence-corrected chi connectivity index (χ4v) is 2.65. The molecule has 0 saturated heterocycles. The Morgan fingerprint density at radius 3 is 2.30 bits per heavy atom. The van der Waals surface area contributed by atoms with Gasteiger partial charge in [-0.05, 0) is 30.3 Å². The molecule has 4 nitrogen and oxygen atoms in total. The molecule has 0 unspecified atom stereocenters. The first kappa shape index (κ1) is 15.9. The first-order valence-electron chi connectivity index (χ1n) is 7.47. The van der Waals surface area contributed by atoms with E-state index in [1.54, 1.807) is 0 Å². The van der Waals surface area contributed by atoms with E-state index in [1.165, 1.54) is 11.1 Å². The van der Waals surface area contributed by atoms with Crippen LogP contribution in [0.3, 0.4) is 0 Å². The molecule has 2 aromatic carbocycles. The molecule has 0 spiro atoms. The molecular formula is C18H18BrN3O. The molecule has 0 aliphatic heterocycles. The van der Waals surface area contributed by atoms with Crippen LogP contribution in [0, 0.1) is 0 Å². The number of halogens is 1. The van der Waals surface area contributed by atoms with E-state index in [4.69, 9.17) is 4.42 Å². The normalized spacial score (nSPS) is 11.1. The first-order chi connectivity index (χ1) is 11.2. The third-order valence-corrected chi connectivity index (χ3v) is 4.01. The molecule has 3 aromatic rings. The lowest BCUT2D eigenvalue weighted by molar-refractivity contribution is 0.278. The summed E-state index contributed by atoms with van der Waals surface area (Å²) < 4.78 is 6.83. The highest BCUT2D eigenvalue weighted by atomic mass is 79.9. The molecule has 0 saturated carbocycles. The third kappa shape index (κ3) is 4.74. The molecule has 1 aromatic heterocycles. The third-order valence-electron chi connectivity index (χ3n) is 3.48. The Bertz CT molecular complexity index is 740. The fourth-order valence-electron chi connectivity index (χ4n) is 2.38. The van der Waals surface area contributed by atoms with E-state index in [2.05, 4.69) is 55.3 Å². The van der Waals surface area contributed by atoms with Crippen molar-refractivity contribution in [1.82, 2.24) is 15.1 Å². The minimum Gasteiger partial charge on any atom is -0.424 e. The van der Waals surface area contributed by atoms with Gasteiger partial charge in [0, 0.05) is 11.0 Å². The first-order valence-corrected chi connectivity index (χ1v) is 8.26. The number of hydrogen-bond acceptors (Lipinski definition) is 4. The summed E-state index contributed by atoms with van der Waals surface area (Å²) in [5.41, 5.74) is 2.42. The zero-order valence-electron chi connectivity index (χ0n) is 12.9. The summed E-state index contributed by atoms with van der Waals surface area (Å²) in [6, 6.07) is 18.5. The number of aromatic nitrogens is 2. The number of benzene rings is 2. The van der Waals surface area contributed by atoms with E-state index in [0.717, 1.165) is 11.0 Å². The fraction of sp³-hybridized carbons (Fsp3) is 0.222. The Morgan fingerprint density at radius 1 is 0.870 bits per heavy atom. The van der Waals surface area contributed by atoms with Gasteiger partial charge in [0.1, 0.15) is 0 Å². The minimum absolute atomic E-state index is 0.637. The van der Waals surface area contributed by atoms with Crippen molar-refractivity contribution in [3.8, 4) is 0 Å². The van der Waals surface area contributed by atoms with Crippen molar-refractivity contribution in [3.05, 3.63) is 82.0 Å². The van der Waals surface area contributed by atoms with Crippen LogP contribution in [0.5, 0.6) is 0 Å². The molecule has 0 fully saturated rings. The summed E-state index contributed by atoms with van der Waals surface area (Å²) >= 11 is 3.45. The Kier molecular flexibility index (Phi) is 5.20. The highest BCUT2D eigenvalue weighted by Gasteiger charge is 2.10. The monoisotopic (exact) mass is 371 g/mol. The van der Waals surface area contributed by atoms with Crippen LogP contribution in [-0.4, -0.2) is 22.1 Å². The number of hydrogen-bond donors (Lipinski definition) is 0. The van der Waals surface area contributed by atoms with Crippen molar-refractivity contribution in [2.75, 3.05) is 7.05 Å². The maximum absolute atomic E-state index is 5.74. The second-order valence-electron chi connectivity index (χ2n) is 5.55. The van der Waals surface area contributed by atoms with Gasteiger partial charge < -0.3 is 4.42 Å². The highest BCUT2D eigenvalue weighted by molar-refractivity contribution is 9.10. The Balaban J connectivity index is 1.56. The van der Waals surface area contributed by atoms with Gasteiger partial charge in [-0.1, -0.05) is 58.4 Å². The highest BCUT2D eigenvalue weighted by Crippen LogP contribution is 2.13. The zero-order chi connectivity index (χ0) is 16.1. The van der Waals surface area contributed by atoms with E-state index in [0.29, 0.717) is 24.7 Å². The van der Waals surface area contributed by atoms with Gasteiger partial charge in [0.15, 0.2) is 0 Å². The summed E-state index contributed by atoms with van der Waals surface area (Å²) in [5, 5.41) is 8.28. The maximum Gasteiger partial charge on any atom is 0.230 e. The van der Waals surface area contributed by atoms with Crippen LogP contribution in [-0.2, 0) is 19.5 Å². The summed E-state index contributed by atoms with van der Waals surface area (Å²) in [6.07, 6.45) is 0.671. The number of rotatable bonds is 6. The molecule has 0 atom stereocenters. The van der Waals surface area contributed by atoms with Crippen LogP contribution in [0.2, 0.25) is 0 Å². The van der Waals surface area contributed by atoms with Gasteiger partial charge in [0.05, 0.1) is 13.0 Å². The van der Waals surface area contributed by atoms with Crippen LogP contribution < -0.4 is 0 Å². The van der Waals surface area contributed by atoms with Gasteiger partial charge >= 0.3 is 0 Å². The van der Waals surface area contributed by atoms with E-state index in [-0.39, 0.29) is 0 Å². The molecule has 0 N–H and O–H groups in total. The molecular weight excluding hydrogens is 354 g/mol. The molecule has 0 radical (unpaired) electrons. The van der Waals surface area contributed by atoms with E-state index < -0.39 is 0 Å². The lowest BCUT2D eigenvalue weighted by Gasteiger charge is -2.14. The van der Waals surface area contributed by atoms with Crippen LogP contribution in [0.25, 0.3) is 0 Å². The van der Waals surface area contributed by atoms with Crippen molar-refractivity contribution < 1.29 is 4.42 Å². The predicted molar refractivity (Wildman–Crippen MR) is 92.9 cm³/mol. The lowest BCUT2D eigenvalue weighted by Crippen LogP contribution is -2.17. The molecule has 1 heterocycles. The standard InChI is InChI=1S/C18H18BrN3O/c1-22(12-15-7-9-16(19)10-8-15)13-18-21-20-17(23-18)11-14-5-3-2-4-6-14/h2-10H,11-13H2,1H3. The van der Waals surface area contributed by atoms with Crippen LogP contribution in [0.1, 0.15) is 22.9 Å². The molecule has 23 heavy (non-hydrogen) atoms. The van der Waals surface area contributed by atoms with Crippen molar-refractivity contribution >= 4 is 15.9 Å². The van der Waals surface area contributed by atoms with Gasteiger partial charge in [-0.2, -0.15) is 0 Å². The molecule has 118 valence electrons. The average molecular weight is 372 g/mol.